The summed E-state index contributed by atoms with van der Waals surface area (Å²) in [6.45, 7) is 4.25. The van der Waals surface area contributed by atoms with E-state index >= 15 is 0 Å². The maximum Gasteiger partial charge on any atom is 0.104 e. The molecule has 0 saturated carbocycles. The molecule has 0 atom stereocenters. The molecule has 0 amide bonds. The molecule has 0 saturated heterocycles. The van der Waals surface area contributed by atoms with Crippen LogP contribution in [0.1, 0.15) is 33.1 Å². The van der Waals surface area contributed by atoms with Gasteiger partial charge in [0.05, 0.1) is 0 Å². The molecule has 0 bridgehead atoms. The topological polar surface area (TPSA) is 20.2 Å². The van der Waals surface area contributed by atoms with Gasteiger partial charge in [0.15, 0.2) is 0 Å². The van der Waals surface area contributed by atoms with E-state index in [2.05, 4.69) is 31.8 Å². The maximum absolute atomic E-state index is 8.33. The second-order valence-corrected chi connectivity index (χ2v) is 2.45. The summed E-state index contributed by atoms with van der Waals surface area (Å²) in [5.74, 6) is 5.49. The second-order valence-electron chi connectivity index (χ2n) is 2.45. The van der Waals surface area contributed by atoms with Crippen LogP contribution < -0.4 is 0 Å². The summed E-state index contributed by atoms with van der Waals surface area (Å²) in [4.78, 5) is 0. The van der Waals surface area contributed by atoms with Gasteiger partial charge >= 0.3 is 0 Å². The molecule has 0 aromatic carbocycles. The molecule has 1 nitrogen and oxygen atoms in total. The van der Waals surface area contributed by atoms with Crippen molar-refractivity contribution < 1.29 is 5.11 Å². The van der Waals surface area contributed by atoms with Gasteiger partial charge in [-0.05, 0) is 19.8 Å². The lowest BCUT2D eigenvalue weighted by atomic mass is 10.2. The van der Waals surface area contributed by atoms with E-state index in [0.717, 1.165) is 19.3 Å². The molecular weight excluding hydrogens is 136 g/mol. The molecule has 0 aliphatic heterocycles. The molecule has 0 fully saturated rings. The Morgan fingerprint density at radius 1 is 1.45 bits per heavy atom. The number of rotatable bonds is 3. The number of unbranched alkanes of at least 4 members (excludes halogenated alkanes) is 1. The van der Waals surface area contributed by atoms with Crippen molar-refractivity contribution >= 4 is 0 Å². The molecule has 0 aliphatic rings. The standard InChI is InChI=1S/C10H16O/c1-3-10(2)8-6-4-5-7-9-11/h8,11H,3-4,6,9H2,1-2H3/b10-8+. The van der Waals surface area contributed by atoms with Crippen molar-refractivity contribution in [3.05, 3.63) is 11.6 Å². The lowest BCUT2D eigenvalue weighted by molar-refractivity contribution is 0.350. The van der Waals surface area contributed by atoms with Crippen LogP contribution in [0.15, 0.2) is 11.6 Å². The zero-order chi connectivity index (χ0) is 8.53. The highest BCUT2D eigenvalue weighted by Gasteiger charge is 1.81. The van der Waals surface area contributed by atoms with E-state index in [1.807, 2.05) is 0 Å². The highest BCUT2D eigenvalue weighted by molar-refractivity contribution is 5.03. The summed E-state index contributed by atoms with van der Waals surface area (Å²) in [5, 5.41) is 8.33. The average molecular weight is 152 g/mol. The molecule has 0 unspecified atom stereocenters. The molecule has 0 heterocycles. The van der Waals surface area contributed by atoms with E-state index in [9.17, 15) is 0 Å². The first-order chi connectivity index (χ1) is 5.31. The largest absolute Gasteiger partial charge is 0.384 e. The van der Waals surface area contributed by atoms with Gasteiger partial charge < -0.3 is 5.11 Å². The summed E-state index contributed by atoms with van der Waals surface area (Å²) < 4.78 is 0. The molecule has 11 heavy (non-hydrogen) atoms. The van der Waals surface area contributed by atoms with Crippen molar-refractivity contribution in [2.75, 3.05) is 6.61 Å². The van der Waals surface area contributed by atoms with Crippen LogP contribution in [-0.2, 0) is 0 Å². The number of hydrogen-bond acceptors (Lipinski definition) is 1. The summed E-state index contributed by atoms with van der Waals surface area (Å²) in [5.41, 5.74) is 1.41. The molecule has 0 aromatic heterocycles. The SMILES string of the molecule is CC/C(C)=C/CCC#CCO. The molecule has 0 spiro atoms. The highest BCUT2D eigenvalue weighted by Crippen LogP contribution is 2.00. The maximum atomic E-state index is 8.33. The van der Waals surface area contributed by atoms with Crippen molar-refractivity contribution in [1.29, 1.82) is 0 Å². The van der Waals surface area contributed by atoms with Crippen LogP contribution in [0.25, 0.3) is 0 Å². The Balaban J connectivity index is 3.40. The second kappa shape index (κ2) is 7.37. The Labute approximate surface area is 69.1 Å². The first-order valence-electron chi connectivity index (χ1n) is 4.03. The fourth-order valence-corrected chi connectivity index (χ4v) is 0.679. The summed E-state index contributed by atoms with van der Waals surface area (Å²) in [7, 11) is 0. The molecule has 1 N–H and O–H groups in total. The number of aliphatic hydroxyl groups excluding tert-OH is 1. The van der Waals surface area contributed by atoms with Gasteiger partial charge in [-0.2, -0.15) is 0 Å². The minimum absolute atomic E-state index is 0.0174. The normalized spacial score (nSPS) is 10.6. The number of allylic oxidation sites excluding steroid dienone is 2. The van der Waals surface area contributed by atoms with E-state index < -0.39 is 0 Å². The van der Waals surface area contributed by atoms with Crippen LogP contribution >= 0.6 is 0 Å². The lowest BCUT2D eigenvalue weighted by Gasteiger charge is -1.91. The van der Waals surface area contributed by atoms with Gasteiger partial charge in [-0.15, -0.1) is 5.92 Å². The Hall–Kier alpha value is -0.740. The molecule has 0 rings (SSSR count). The van der Waals surface area contributed by atoms with Gasteiger partial charge in [0, 0.05) is 6.42 Å². The van der Waals surface area contributed by atoms with Crippen molar-refractivity contribution in [2.24, 2.45) is 0 Å². The summed E-state index contributed by atoms with van der Waals surface area (Å²) in [6.07, 6.45) is 5.18. The first kappa shape index (κ1) is 10.3. The summed E-state index contributed by atoms with van der Waals surface area (Å²) in [6, 6.07) is 0. The van der Waals surface area contributed by atoms with E-state index in [4.69, 9.17) is 5.11 Å². The predicted molar refractivity (Wildman–Crippen MR) is 48.1 cm³/mol. The van der Waals surface area contributed by atoms with Gasteiger partial charge in [0.1, 0.15) is 6.61 Å². The Kier molecular flexibility index (Phi) is 6.87. The zero-order valence-corrected chi connectivity index (χ0v) is 7.35. The third-order valence-corrected chi connectivity index (χ3v) is 1.52. The van der Waals surface area contributed by atoms with E-state index in [1.54, 1.807) is 0 Å². The molecule has 62 valence electrons. The van der Waals surface area contributed by atoms with Crippen LogP contribution in [0.3, 0.4) is 0 Å². The molecular formula is C10H16O. The quantitative estimate of drug-likeness (QED) is 0.373. The smallest absolute Gasteiger partial charge is 0.104 e. The zero-order valence-electron chi connectivity index (χ0n) is 7.35. The van der Waals surface area contributed by atoms with Gasteiger partial charge in [0.2, 0.25) is 0 Å². The van der Waals surface area contributed by atoms with Gasteiger partial charge in [0.25, 0.3) is 0 Å². The minimum Gasteiger partial charge on any atom is -0.384 e. The third kappa shape index (κ3) is 7.15. The van der Waals surface area contributed by atoms with Crippen LogP contribution in [0, 0.1) is 11.8 Å². The number of aliphatic hydroxyl groups is 1. The monoisotopic (exact) mass is 152 g/mol. The van der Waals surface area contributed by atoms with Crippen LogP contribution in [0.4, 0.5) is 0 Å². The van der Waals surface area contributed by atoms with Crippen molar-refractivity contribution in [3.8, 4) is 11.8 Å². The Morgan fingerprint density at radius 2 is 2.18 bits per heavy atom. The fraction of sp³-hybridized carbons (Fsp3) is 0.600. The molecule has 0 aromatic rings. The number of hydrogen-bond donors (Lipinski definition) is 1. The highest BCUT2D eigenvalue weighted by atomic mass is 16.2. The predicted octanol–water partition coefficient (Wildman–Crippen LogP) is 2.12. The van der Waals surface area contributed by atoms with Crippen molar-refractivity contribution in [2.45, 2.75) is 33.1 Å². The van der Waals surface area contributed by atoms with Crippen LogP contribution in [0.2, 0.25) is 0 Å². The Bertz CT molecular complexity index is 169. The lowest BCUT2D eigenvalue weighted by Crippen LogP contribution is -1.74. The first-order valence-corrected chi connectivity index (χ1v) is 4.03. The van der Waals surface area contributed by atoms with Crippen molar-refractivity contribution in [3.63, 3.8) is 0 Å². The van der Waals surface area contributed by atoms with Crippen LogP contribution in [-0.4, -0.2) is 11.7 Å². The fourth-order valence-electron chi connectivity index (χ4n) is 0.679. The van der Waals surface area contributed by atoms with Gasteiger partial charge in [-0.3, -0.25) is 0 Å². The van der Waals surface area contributed by atoms with Crippen LogP contribution in [0.5, 0.6) is 0 Å². The van der Waals surface area contributed by atoms with E-state index in [0.29, 0.717) is 0 Å². The molecule has 1 heteroatoms. The minimum atomic E-state index is -0.0174. The van der Waals surface area contributed by atoms with E-state index in [-0.39, 0.29) is 6.61 Å². The van der Waals surface area contributed by atoms with Gasteiger partial charge in [-0.1, -0.05) is 24.5 Å². The third-order valence-electron chi connectivity index (χ3n) is 1.52. The van der Waals surface area contributed by atoms with E-state index in [1.165, 1.54) is 5.57 Å². The van der Waals surface area contributed by atoms with Gasteiger partial charge in [-0.25, -0.2) is 0 Å². The molecule has 0 radical (unpaired) electrons. The Morgan fingerprint density at radius 3 is 2.73 bits per heavy atom. The molecule has 0 aliphatic carbocycles. The summed E-state index contributed by atoms with van der Waals surface area (Å²) >= 11 is 0. The van der Waals surface area contributed by atoms with Crippen molar-refractivity contribution in [1.82, 2.24) is 0 Å². The average Bonchev–Trinajstić information content (AvgIpc) is 2.04.